The lowest BCUT2D eigenvalue weighted by atomic mass is 9.93. The fourth-order valence-corrected chi connectivity index (χ4v) is 2.94. The zero-order valence-electron chi connectivity index (χ0n) is 10.9. The Balaban J connectivity index is 1.95. The number of dihydropyridines is 1. The highest BCUT2D eigenvalue weighted by Crippen LogP contribution is 2.24. The summed E-state index contributed by atoms with van der Waals surface area (Å²) in [4.78, 5) is 2.58. The lowest BCUT2D eigenvalue weighted by Gasteiger charge is -2.39. The number of nitrogens with one attached hydrogen (secondary N) is 1. The van der Waals surface area contributed by atoms with Crippen LogP contribution in [0.1, 0.15) is 39.0 Å². The van der Waals surface area contributed by atoms with Gasteiger partial charge >= 0.3 is 0 Å². The van der Waals surface area contributed by atoms with E-state index in [-0.39, 0.29) is 0 Å². The molecule has 1 unspecified atom stereocenters. The predicted molar refractivity (Wildman–Crippen MR) is 72.5 cm³/mol. The van der Waals surface area contributed by atoms with Gasteiger partial charge in [0.25, 0.3) is 0 Å². The summed E-state index contributed by atoms with van der Waals surface area (Å²) in [5.74, 6) is 0. The Labute approximate surface area is 105 Å². The minimum atomic E-state index is 0.360. The van der Waals surface area contributed by atoms with Crippen LogP contribution in [0.5, 0.6) is 0 Å². The minimum absolute atomic E-state index is 0.360. The van der Waals surface area contributed by atoms with E-state index in [1.54, 1.807) is 0 Å². The first kappa shape index (κ1) is 12.7. The molecule has 0 saturated heterocycles. The first-order chi connectivity index (χ1) is 8.35. The molecule has 96 valence electrons. The molecule has 1 heterocycles. The van der Waals surface area contributed by atoms with Crippen LogP contribution in [0.3, 0.4) is 0 Å². The maximum Gasteiger partial charge on any atom is 0.0987 e. The highest BCUT2D eigenvalue weighted by atomic mass is 15.3. The van der Waals surface area contributed by atoms with Gasteiger partial charge < -0.3 is 11.1 Å². The largest absolute Gasteiger partial charge is 0.372 e. The third-order valence-corrected chi connectivity index (χ3v) is 3.93. The molecule has 0 aromatic carbocycles. The third-order valence-electron chi connectivity index (χ3n) is 3.93. The summed E-state index contributed by atoms with van der Waals surface area (Å²) in [6.45, 7) is 3.98. The Morgan fingerprint density at radius 1 is 1.35 bits per heavy atom. The second-order valence-corrected chi connectivity index (χ2v) is 5.02. The summed E-state index contributed by atoms with van der Waals surface area (Å²) >= 11 is 0. The second-order valence-electron chi connectivity index (χ2n) is 5.02. The number of rotatable bonds is 4. The topological polar surface area (TPSA) is 41.3 Å². The van der Waals surface area contributed by atoms with E-state index in [0.29, 0.717) is 12.7 Å². The third kappa shape index (κ3) is 3.11. The Bertz CT molecular complexity index is 290. The van der Waals surface area contributed by atoms with E-state index >= 15 is 0 Å². The molecular formula is C14H25N3. The first-order valence-electron chi connectivity index (χ1n) is 6.94. The normalized spacial score (nSPS) is 25.8. The minimum Gasteiger partial charge on any atom is -0.372 e. The van der Waals surface area contributed by atoms with Gasteiger partial charge in [-0.1, -0.05) is 32.3 Å². The van der Waals surface area contributed by atoms with Crippen LogP contribution >= 0.6 is 0 Å². The fraction of sp³-hybridized carbons (Fsp3) is 0.714. The van der Waals surface area contributed by atoms with E-state index in [1.807, 2.05) is 0 Å². The molecule has 2 rings (SSSR count). The van der Waals surface area contributed by atoms with Gasteiger partial charge in [0, 0.05) is 18.8 Å². The first-order valence-corrected chi connectivity index (χ1v) is 6.94. The van der Waals surface area contributed by atoms with Crippen LogP contribution in [0.4, 0.5) is 0 Å². The van der Waals surface area contributed by atoms with Crippen molar-refractivity contribution < 1.29 is 0 Å². The van der Waals surface area contributed by atoms with E-state index < -0.39 is 0 Å². The average Bonchev–Trinajstić information content (AvgIpc) is 2.42. The van der Waals surface area contributed by atoms with Crippen LogP contribution in [0.25, 0.3) is 0 Å². The molecule has 0 aromatic rings. The van der Waals surface area contributed by atoms with Crippen LogP contribution in [0.15, 0.2) is 23.9 Å². The molecule has 2 aliphatic rings. The summed E-state index contributed by atoms with van der Waals surface area (Å²) in [6, 6.07) is 0.753. The van der Waals surface area contributed by atoms with Crippen LogP contribution in [0, 0.1) is 0 Å². The van der Waals surface area contributed by atoms with Gasteiger partial charge in [-0.25, -0.2) is 0 Å². The Hall–Kier alpha value is -0.800. The molecule has 0 radical (unpaired) electrons. The Kier molecular flexibility index (Phi) is 4.63. The van der Waals surface area contributed by atoms with Gasteiger partial charge in [-0.3, -0.25) is 4.90 Å². The number of nitrogens with zero attached hydrogens (tertiary/aromatic N) is 1. The molecule has 0 bridgehead atoms. The summed E-state index contributed by atoms with van der Waals surface area (Å²) < 4.78 is 0. The molecule has 1 aliphatic carbocycles. The van der Waals surface area contributed by atoms with E-state index in [2.05, 4.69) is 35.5 Å². The van der Waals surface area contributed by atoms with Gasteiger partial charge in [0.05, 0.1) is 6.17 Å². The zero-order valence-corrected chi connectivity index (χ0v) is 10.9. The van der Waals surface area contributed by atoms with Crippen LogP contribution in [-0.2, 0) is 0 Å². The van der Waals surface area contributed by atoms with Crippen molar-refractivity contribution in [2.45, 2.75) is 51.2 Å². The van der Waals surface area contributed by atoms with Crippen LogP contribution in [-0.4, -0.2) is 30.2 Å². The maximum atomic E-state index is 5.63. The van der Waals surface area contributed by atoms with Gasteiger partial charge in [0.1, 0.15) is 0 Å². The van der Waals surface area contributed by atoms with Gasteiger partial charge in [0.15, 0.2) is 0 Å². The van der Waals surface area contributed by atoms with Crippen molar-refractivity contribution in [1.29, 1.82) is 0 Å². The van der Waals surface area contributed by atoms with E-state index in [1.165, 1.54) is 37.7 Å². The molecule has 1 atom stereocenters. The van der Waals surface area contributed by atoms with Crippen molar-refractivity contribution >= 4 is 0 Å². The quantitative estimate of drug-likeness (QED) is 0.783. The van der Waals surface area contributed by atoms with Crippen molar-refractivity contribution in [2.75, 3.05) is 13.1 Å². The highest BCUT2D eigenvalue weighted by Gasteiger charge is 2.25. The fourth-order valence-electron chi connectivity index (χ4n) is 2.94. The van der Waals surface area contributed by atoms with Crippen LogP contribution in [0.2, 0.25) is 0 Å². The second kappa shape index (κ2) is 6.22. The molecule has 3 heteroatoms. The number of likely N-dealkylation sites (N-methyl/N-ethyl adjacent to an activating group) is 1. The Morgan fingerprint density at radius 2 is 2.12 bits per heavy atom. The standard InChI is InChI=1S/C14H25N3/c1-2-17(13-6-4-3-5-7-13)14-9-8-12(10-15)11-16-14/h8-9,11,13-14,16H,2-7,10,15H2,1H3. The smallest absolute Gasteiger partial charge is 0.0987 e. The van der Waals surface area contributed by atoms with Gasteiger partial charge in [0.2, 0.25) is 0 Å². The Morgan fingerprint density at radius 3 is 2.65 bits per heavy atom. The molecule has 0 aromatic heterocycles. The predicted octanol–water partition coefficient (Wildman–Crippen LogP) is 1.97. The molecule has 3 N–H and O–H groups in total. The maximum absolute atomic E-state index is 5.63. The molecular weight excluding hydrogens is 210 g/mol. The van der Waals surface area contributed by atoms with Crippen molar-refractivity contribution in [3.63, 3.8) is 0 Å². The molecule has 17 heavy (non-hydrogen) atoms. The molecule has 1 fully saturated rings. The van der Waals surface area contributed by atoms with Crippen LogP contribution < -0.4 is 11.1 Å². The van der Waals surface area contributed by atoms with E-state index in [9.17, 15) is 0 Å². The molecule has 1 saturated carbocycles. The number of nitrogens with two attached hydrogens (primary N) is 1. The van der Waals surface area contributed by atoms with Gasteiger partial charge in [-0.2, -0.15) is 0 Å². The molecule has 0 spiro atoms. The summed E-state index contributed by atoms with van der Waals surface area (Å²) in [6.07, 6.45) is 13.7. The summed E-state index contributed by atoms with van der Waals surface area (Å²) in [5, 5.41) is 3.47. The monoisotopic (exact) mass is 235 g/mol. The average molecular weight is 235 g/mol. The SMILES string of the molecule is CCN(C1CCCCC1)C1C=CC(CN)=CN1. The number of hydrogen-bond acceptors (Lipinski definition) is 3. The van der Waals surface area contributed by atoms with Crippen molar-refractivity contribution in [3.8, 4) is 0 Å². The van der Waals surface area contributed by atoms with E-state index in [0.717, 1.165) is 12.6 Å². The highest BCUT2D eigenvalue weighted by molar-refractivity contribution is 5.24. The van der Waals surface area contributed by atoms with Crippen molar-refractivity contribution in [3.05, 3.63) is 23.9 Å². The zero-order chi connectivity index (χ0) is 12.1. The number of hydrogen-bond donors (Lipinski definition) is 2. The summed E-state index contributed by atoms with van der Waals surface area (Å²) in [5.41, 5.74) is 6.81. The lowest BCUT2D eigenvalue weighted by Crippen LogP contribution is -2.49. The molecule has 3 nitrogen and oxygen atoms in total. The molecule has 1 aliphatic heterocycles. The van der Waals surface area contributed by atoms with Crippen molar-refractivity contribution in [1.82, 2.24) is 10.2 Å². The van der Waals surface area contributed by atoms with Gasteiger partial charge in [-0.05, 0) is 31.0 Å². The van der Waals surface area contributed by atoms with Crippen molar-refractivity contribution in [2.24, 2.45) is 5.73 Å². The molecule has 0 amide bonds. The lowest BCUT2D eigenvalue weighted by molar-refractivity contribution is 0.121. The van der Waals surface area contributed by atoms with Gasteiger partial charge in [-0.15, -0.1) is 0 Å². The summed E-state index contributed by atoms with van der Waals surface area (Å²) in [7, 11) is 0. The van der Waals surface area contributed by atoms with E-state index in [4.69, 9.17) is 5.73 Å².